The molecular formula is C5H6ClN3O2. The summed E-state index contributed by atoms with van der Waals surface area (Å²) < 4.78 is 1.19. The van der Waals surface area contributed by atoms with Crippen LogP contribution in [0.4, 0.5) is 0 Å². The summed E-state index contributed by atoms with van der Waals surface area (Å²) in [5.41, 5.74) is 0. The van der Waals surface area contributed by atoms with Gasteiger partial charge in [0, 0.05) is 0 Å². The van der Waals surface area contributed by atoms with E-state index >= 15 is 0 Å². The van der Waals surface area contributed by atoms with Gasteiger partial charge in [-0.2, -0.15) is 0 Å². The van der Waals surface area contributed by atoms with Crippen molar-refractivity contribution in [2.24, 2.45) is 0 Å². The number of aromatic nitrogens is 3. The lowest BCUT2D eigenvalue weighted by Gasteiger charge is -2.03. The number of carboxylic acid groups (broad SMARTS) is 1. The predicted molar refractivity (Wildman–Crippen MR) is 37.4 cm³/mol. The highest BCUT2D eigenvalue weighted by Gasteiger charge is 2.13. The molecule has 6 heteroatoms. The van der Waals surface area contributed by atoms with E-state index in [4.69, 9.17) is 16.7 Å². The van der Waals surface area contributed by atoms with Crippen LogP contribution >= 0.6 is 11.6 Å². The van der Waals surface area contributed by atoms with Crippen molar-refractivity contribution in [3.63, 3.8) is 0 Å². The molecule has 1 aromatic rings. The fraction of sp³-hybridized carbons (Fsp3) is 0.400. The molecule has 60 valence electrons. The van der Waals surface area contributed by atoms with Gasteiger partial charge in [0.2, 0.25) is 5.28 Å². The van der Waals surface area contributed by atoms with E-state index in [0.29, 0.717) is 0 Å². The number of carbonyl (C=O) groups is 1. The van der Waals surface area contributed by atoms with Crippen molar-refractivity contribution in [2.45, 2.75) is 13.0 Å². The number of carboxylic acids is 1. The molecule has 0 aliphatic carbocycles. The zero-order chi connectivity index (χ0) is 8.43. The van der Waals surface area contributed by atoms with Gasteiger partial charge in [-0.15, -0.1) is 5.10 Å². The topological polar surface area (TPSA) is 68.0 Å². The molecule has 0 saturated heterocycles. The number of rotatable bonds is 2. The van der Waals surface area contributed by atoms with Gasteiger partial charge >= 0.3 is 5.97 Å². The highest BCUT2D eigenvalue weighted by Crippen LogP contribution is 2.05. The van der Waals surface area contributed by atoms with Crippen LogP contribution in [0.3, 0.4) is 0 Å². The van der Waals surface area contributed by atoms with Crippen molar-refractivity contribution in [1.29, 1.82) is 0 Å². The molecule has 0 amide bonds. The highest BCUT2D eigenvalue weighted by molar-refractivity contribution is 6.28. The van der Waals surface area contributed by atoms with Gasteiger partial charge in [-0.1, -0.05) is 0 Å². The Morgan fingerprint density at radius 3 is 2.91 bits per heavy atom. The zero-order valence-corrected chi connectivity index (χ0v) is 6.49. The number of halogens is 1. The van der Waals surface area contributed by atoms with Crippen LogP contribution in [0.2, 0.25) is 5.28 Å². The summed E-state index contributed by atoms with van der Waals surface area (Å²) in [7, 11) is 0. The van der Waals surface area contributed by atoms with Crippen molar-refractivity contribution in [3.8, 4) is 0 Å². The van der Waals surface area contributed by atoms with Gasteiger partial charge in [-0.25, -0.2) is 14.5 Å². The maximum Gasteiger partial charge on any atom is 0.328 e. The third-order valence-electron chi connectivity index (χ3n) is 1.23. The first-order valence-corrected chi connectivity index (χ1v) is 3.28. The van der Waals surface area contributed by atoms with E-state index in [1.54, 1.807) is 0 Å². The van der Waals surface area contributed by atoms with Crippen LogP contribution < -0.4 is 0 Å². The fourth-order valence-corrected chi connectivity index (χ4v) is 0.684. The van der Waals surface area contributed by atoms with Crippen molar-refractivity contribution in [1.82, 2.24) is 14.8 Å². The molecule has 0 fully saturated rings. The number of nitrogens with zero attached hydrogens (tertiary/aromatic N) is 3. The van der Waals surface area contributed by atoms with Gasteiger partial charge in [0.25, 0.3) is 0 Å². The molecule has 1 unspecified atom stereocenters. The van der Waals surface area contributed by atoms with Gasteiger partial charge in [0.15, 0.2) is 0 Å². The van der Waals surface area contributed by atoms with Crippen molar-refractivity contribution < 1.29 is 9.90 Å². The van der Waals surface area contributed by atoms with Gasteiger partial charge in [-0.05, 0) is 18.5 Å². The average molecular weight is 176 g/mol. The molecule has 0 radical (unpaired) electrons. The molecule has 1 atom stereocenters. The standard InChI is InChI=1S/C5H6ClN3O2/c1-3(4(10)11)9-2-7-5(6)8-9/h2-3H,1H3,(H,10,11). The molecule has 11 heavy (non-hydrogen) atoms. The number of aliphatic carboxylic acids is 1. The first-order chi connectivity index (χ1) is 5.11. The van der Waals surface area contributed by atoms with Crippen LogP contribution in [-0.4, -0.2) is 25.8 Å². The van der Waals surface area contributed by atoms with Gasteiger partial charge in [0.1, 0.15) is 12.4 Å². The van der Waals surface area contributed by atoms with Crippen molar-refractivity contribution in [2.75, 3.05) is 0 Å². The first-order valence-electron chi connectivity index (χ1n) is 2.90. The van der Waals surface area contributed by atoms with Crippen molar-refractivity contribution >= 4 is 17.6 Å². The zero-order valence-electron chi connectivity index (χ0n) is 5.73. The quantitative estimate of drug-likeness (QED) is 0.714. The first kappa shape index (κ1) is 8.00. The summed E-state index contributed by atoms with van der Waals surface area (Å²) in [6.07, 6.45) is 1.28. The van der Waals surface area contributed by atoms with Crippen LogP contribution in [0.1, 0.15) is 13.0 Å². The van der Waals surface area contributed by atoms with Gasteiger partial charge in [-0.3, -0.25) is 0 Å². The second kappa shape index (κ2) is 2.87. The molecule has 0 aliphatic rings. The average Bonchev–Trinajstić information content (AvgIpc) is 2.34. The summed E-state index contributed by atoms with van der Waals surface area (Å²) in [5, 5.41) is 12.2. The molecule has 0 saturated carbocycles. The minimum absolute atomic E-state index is 0.0538. The van der Waals surface area contributed by atoms with E-state index in [1.165, 1.54) is 17.9 Å². The lowest BCUT2D eigenvalue weighted by atomic mass is 10.4. The second-order valence-corrected chi connectivity index (χ2v) is 2.35. The van der Waals surface area contributed by atoms with E-state index < -0.39 is 12.0 Å². The van der Waals surface area contributed by atoms with E-state index in [0.717, 1.165) is 0 Å². The predicted octanol–water partition coefficient (Wildman–Crippen LogP) is 0.577. The summed E-state index contributed by atoms with van der Waals surface area (Å²) >= 11 is 5.37. The Morgan fingerprint density at radius 1 is 1.91 bits per heavy atom. The normalized spacial score (nSPS) is 12.9. The lowest BCUT2D eigenvalue weighted by Crippen LogP contribution is -2.15. The Balaban J connectivity index is 2.84. The summed E-state index contributed by atoms with van der Waals surface area (Å²) in [4.78, 5) is 14.0. The Labute approximate surface area is 67.6 Å². The van der Waals surface area contributed by atoms with Gasteiger partial charge < -0.3 is 5.11 Å². The van der Waals surface area contributed by atoms with E-state index in [9.17, 15) is 4.79 Å². The molecule has 0 spiro atoms. The van der Waals surface area contributed by atoms with E-state index in [1.807, 2.05) is 0 Å². The molecule has 5 nitrogen and oxygen atoms in total. The smallest absolute Gasteiger partial charge is 0.328 e. The minimum Gasteiger partial charge on any atom is -0.480 e. The molecule has 0 bridgehead atoms. The number of hydrogen-bond donors (Lipinski definition) is 1. The van der Waals surface area contributed by atoms with Crippen LogP contribution in [0.15, 0.2) is 6.33 Å². The summed E-state index contributed by atoms with van der Waals surface area (Å²) in [5.74, 6) is -0.966. The fourth-order valence-electron chi connectivity index (χ4n) is 0.553. The molecular weight excluding hydrogens is 170 g/mol. The molecule has 0 aliphatic heterocycles. The largest absolute Gasteiger partial charge is 0.480 e. The SMILES string of the molecule is CC(C(=O)O)n1cnc(Cl)n1. The molecule has 1 aromatic heterocycles. The summed E-state index contributed by atoms with van der Waals surface area (Å²) in [6, 6.07) is -0.727. The number of hydrogen-bond acceptors (Lipinski definition) is 3. The van der Waals surface area contributed by atoms with Crippen LogP contribution in [0.25, 0.3) is 0 Å². The highest BCUT2D eigenvalue weighted by atomic mass is 35.5. The Bertz CT molecular complexity index is 272. The maximum atomic E-state index is 10.4. The van der Waals surface area contributed by atoms with E-state index in [-0.39, 0.29) is 5.28 Å². The van der Waals surface area contributed by atoms with Crippen LogP contribution in [-0.2, 0) is 4.79 Å². The van der Waals surface area contributed by atoms with Crippen LogP contribution in [0.5, 0.6) is 0 Å². The molecule has 0 aromatic carbocycles. The second-order valence-electron chi connectivity index (χ2n) is 2.01. The monoisotopic (exact) mass is 175 g/mol. The van der Waals surface area contributed by atoms with Gasteiger partial charge in [0.05, 0.1) is 0 Å². The van der Waals surface area contributed by atoms with E-state index in [2.05, 4.69) is 10.1 Å². The molecule has 1 rings (SSSR count). The molecule has 1 N–H and O–H groups in total. The Morgan fingerprint density at radius 2 is 2.55 bits per heavy atom. The Kier molecular flexibility index (Phi) is 2.09. The minimum atomic E-state index is -0.966. The van der Waals surface area contributed by atoms with Crippen LogP contribution in [0, 0.1) is 0 Å². The lowest BCUT2D eigenvalue weighted by molar-refractivity contribution is -0.140. The maximum absolute atomic E-state index is 10.4. The summed E-state index contributed by atoms with van der Waals surface area (Å²) in [6.45, 7) is 1.49. The Hall–Kier alpha value is -1.10. The van der Waals surface area contributed by atoms with Crippen molar-refractivity contribution in [3.05, 3.63) is 11.6 Å². The third kappa shape index (κ3) is 1.68. The third-order valence-corrected chi connectivity index (χ3v) is 1.41. The molecule has 1 heterocycles.